The van der Waals surface area contributed by atoms with Gasteiger partial charge in [-0.3, -0.25) is 9.67 Å². The molecule has 0 spiro atoms. The van der Waals surface area contributed by atoms with Crippen molar-refractivity contribution in [1.29, 1.82) is 5.26 Å². The van der Waals surface area contributed by atoms with E-state index >= 15 is 0 Å². The number of nitrogens with zero attached hydrogens (tertiary/aromatic N) is 7. The number of benzene rings is 1. The number of hydrogen-bond donors (Lipinski definition) is 3. The summed E-state index contributed by atoms with van der Waals surface area (Å²) in [5.74, 6) is 1.27. The minimum atomic E-state index is -0.926. The number of anilines is 2. The SMILES string of the molecule is Cc1ccc(Nc2ccc3c(c2)ncn3-c2ccc([C@@H]3C[C@@H](F)CN3)c(-c3c(C#N)n[nH]c3C)n2)nn1. The van der Waals surface area contributed by atoms with Crippen LogP contribution in [-0.2, 0) is 0 Å². The number of aromatic amines is 1. The summed E-state index contributed by atoms with van der Waals surface area (Å²) < 4.78 is 15.9. The van der Waals surface area contributed by atoms with E-state index < -0.39 is 6.17 Å². The summed E-state index contributed by atoms with van der Waals surface area (Å²) in [6.07, 6.45) is 1.14. The predicted octanol–water partition coefficient (Wildman–Crippen LogP) is 4.21. The first-order valence-electron chi connectivity index (χ1n) is 11.9. The first-order chi connectivity index (χ1) is 18.0. The van der Waals surface area contributed by atoms with E-state index in [1.54, 1.807) is 6.33 Å². The first-order valence-corrected chi connectivity index (χ1v) is 11.9. The van der Waals surface area contributed by atoms with Gasteiger partial charge in [0, 0.05) is 24.0 Å². The molecule has 10 nitrogen and oxygen atoms in total. The quantitative estimate of drug-likeness (QED) is 0.331. The van der Waals surface area contributed by atoms with Crippen molar-refractivity contribution >= 4 is 22.5 Å². The molecular formula is C26H23FN10. The van der Waals surface area contributed by atoms with E-state index in [2.05, 4.69) is 42.1 Å². The van der Waals surface area contributed by atoms with Crippen molar-refractivity contribution in [2.45, 2.75) is 32.5 Å². The highest BCUT2D eigenvalue weighted by molar-refractivity contribution is 5.82. The number of nitrogens with one attached hydrogen (secondary N) is 3. The summed E-state index contributed by atoms with van der Waals surface area (Å²) in [6, 6.07) is 15.4. The fourth-order valence-electron chi connectivity index (χ4n) is 4.69. The van der Waals surface area contributed by atoms with Gasteiger partial charge in [-0.05, 0) is 62.2 Å². The number of aryl methyl sites for hydroxylation is 2. The molecule has 5 heterocycles. The molecule has 4 aromatic heterocycles. The van der Waals surface area contributed by atoms with E-state index in [-0.39, 0.29) is 18.3 Å². The lowest BCUT2D eigenvalue weighted by molar-refractivity contribution is 0.356. The molecule has 2 atom stereocenters. The third-order valence-corrected chi connectivity index (χ3v) is 6.52. The molecule has 0 amide bonds. The number of fused-ring (bicyclic) bond motifs is 1. The summed E-state index contributed by atoms with van der Waals surface area (Å²) in [5, 5.41) is 31.4. The molecule has 1 aliphatic rings. The number of rotatable bonds is 5. The van der Waals surface area contributed by atoms with Gasteiger partial charge in [0.15, 0.2) is 11.5 Å². The highest BCUT2D eigenvalue weighted by Gasteiger charge is 2.29. The monoisotopic (exact) mass is 494 g/mol. The van der Waals surface area contributed by atoms with Gasteiger partial charge in [-0.25, -0.2) is 14.4 Å². The summed E-state index contributed by atoms with van der Waals surface area (Å²) in [5.41, 5.74) is 6.35. The number of H-pyrrole nitrogens is 1. The molecule has 0 bridgehead atoms. The van der Waals surface area contributed by atoms with Crippen molar-refractivity contribution < 1.29 is 4.39 Å². The van der Waals surface area contributed by atoms with Crippen LogP contribution in [0.2, 0.25) is 0 Å². The van der Waals surface area contributed by atoms with Crippen LogP contribution in [0.15, 0.2) is 48.8 Å². The second-order valence-electron chi connectivity index (χ2n) is 9.09. The Kier molecular flexibility index (Phi) is 5.58. The van der Waals surface area contributed by atoms with Crippen molar-refractivity contribution in [2.75, 3.05) is 11.9 Å². The smallest absolute Gasteiger partial charge is 0.171 e. The van der Waals surface area contributed by atoms with Crippen molar-refractivity contribution in [3.63, 3.8) is 0 Å². The van der Waals surface area contributed by atoms with Gasteiger partial charge in [-0.15, -0.1) is 5.10 Å². The molecule has 1 fully saturated rings. The predicted molar refractivity (Wildman–Crippen MR) is 136 cm³/mol. The second-order valence-corrected chi connectivity index (χ2v) is 9.09. The largest absolute Gasteiger partial charge is 0.339 e. The summed E-state index contributed by atoms with van der Waals surface area (Å²) >= 11 is 0. The molecule has 11 heteroatoms. The molecule has 6 rings (SSSR count). The van der Waals surface area contributed by atoms with Crippen LogP contribution in [0.1, 0.15) is 35.1 Å². The molecule has 1 aromatic carbocycles. The molecular weight excluding hydrogens is 471 g/mol. The lowest BCUT2D eigenvalue weighted by Gasteiger charge is -2.17. The lowest BCUT2D eigenvalue weighted by atomic mass is 9.97. The van der Waals surface area contributed by atoms with Crippen LogP contribution in [0.4, 0.5) is 15.9 Å². The molecule has 3 N–H and O–H groups in total. The van der Waals surface area contributed by atoms with Gasteiger partial charge in [0.2, 0.25) is 0 Å². The minimum absolute atomic E-state index is 0.203. The number of nitriles is 1. The molecule has 0 radical (unpaired) electrons. The fraction of sp³-hybridized carbons (Fsp3) is 0.231. The zero-order valence-electron chi connectivity index (χ0n) is 20.2. The van der Waals surface area contributed by atoms with Crippen LogP contribution in [0.25, 0.3) is 28.1 Å². The van der Waals surface area contributed by atoms with Gasteiger partial charge < -0.3 is 10.6 Å². The van der Waals surface area contributed by atoms with Gasteiger partial charge in [-0.2, -0.15) is 15.5 Å². The van der Waals surface area contributed by atoms with Crippen LogP contribution in [-0.4, -0.2) is 47.6 Å². The molecule has 0 saturated carbocycles. The Morgan fingerprint density at radius 2 is 2.03 bits per heavy atom. The van der Waals surface area contributed by atoms with Crippen LogP contribution < -0.4 is 10.6 Å². The molecule has 184 valence electrons. The maximum atomic E-state index is 14.0. The number of imidazole rings is 1. The van der Waals surface area contributed by atoms with Gasteiger partial charge in [0.25, 0.3) is 0 Å². The van der Waals surface area contributed by atoms with Gasteiger partial charge in [0.1, 0.15) is 24.4 Å². The Morgan fingerprint density at radius 1 is 1.14 bits per heavy atom. The fourth-order valence-corrected chi connectivity index (χ4v) is 4.69. The lowest BCUT2D eigenvalue weighted by Crippen LogP contribution is -2.16. The Bertz CT molecular complexity index is 1650. The van der Waals surface area contributed by atoms with Crippen LogP contribution >= 0.6 is 0 Å². The molecule has 5 aromatic rings. The normalized spacial score (nSPS) is 17.2. The standard InChI is InChI=1S/C26H23FN10/c1-14-3-7-23(36-33-14)31-17-4-6-22-20(10-17)30-13-37(22)24-8-5-18(19-9-16(27)12-29-19)26(32-24)25-15(2)34-35-21(25)11-28/h3-8,10,13,16,19,29H,9,12H2,1-2H3,(H,31,36)(H,34,35)/t16-,19+/m1/s1. The second kappa shape index (κ2) is 9.07. The third kappa shape index (κ3) is 4.17. The minimum Gasteiger partial charge on any atom is -0.339 e. The number of aromatic nitrogens is 7. The Labute approximate surface area is 211 Å². The van der Waals surface area contributed by atoms with Crippen LogP contribution in [0.3, 0.4) is 0 Å². The van der Waals surface area contributed by atoms with E-state index in [9.17, 15) is 9.65 Å². The van der Waals surface area contributed by atoms with Gasteiger partial charge in [-0.1, -0.05) is 6.07 Å². The maximum Gasteiger partial charge on any atom is 0.171 e. The van der Waals surface area contributed by atoms with Crippen molar-refractivity contribution in [3.05, 3.63) is 71.4 Å². The van der Waals surface area contributed by atoms with E-state index in [0.717, 1.165) is 33.7 Å². The Hall–Kier alpha value is -4.69. The van der Waals surface area contributed by atoms with Gasteiger partial charge >= 0.3 is 0 Å². The van der Waals surface area contributed by atoms with Crippen molar-refractivity contribution in [2.24, 2.45) is 0 Å². The Balaban J connectivity index is 1.41. The van der Waals surface area contributed by atoms with Crippen LogP contribution in [0, 0.1) is 25.2 Å². The summed E-state index contributed by atoms with van der Waals surface area (Å²) in [4.78, 5) is 9.54. The average Bonchev–Trinajstić information content (AvgIpc) is 3.63. The summed E-state index contributed by atoms with van der Waals surface area (Å²) in [6.45, 7) is 4.03. The molecule has 37 heavy (non-hydrogen) atoms. The van der Waals surface area contributed by atoms with Crippen molar-refractivity contribution in [1.82, 2.24) is 40.2 Å². The molecule has 1 saturated heterocycles. The Morgan fingerprint density at radius 3 is 2.78 bits per heavy atom. The zero-order chi connectivity index (χ0) is 25.5. The average molecular weight is 495 g/mol. The number of hydrogen-bond acceptors (Lipinski definition) is 8. The summed E-state index contributed by atoms with van der Waals surface area (Å²) in [7, 11) is 0. The van der Waals surface area contributed by atoms with E-state index in [4.69, 9.17) is 4.98 Å². The van der Waals surface area contributed by atoms with E-state index in [1.165, 1.54) is 0 Å². The maximum absolute atomic E-state index is 14.0. The molecule has 0 unspecified atom stereocenters. The molecule has 0 aliphatic carbocycles. The highest BCUT2D eigenvalue weighted by Crippen LogP contribution is 2.36. The van der Waals surface area contributed by atoms with Crippen molar-refractivity contribution in [3.8, 4) is 23.1 Å². The van der Waals surface area contributed by atoms with Crippen LogP contribution in [0.5, 0.6) is 0 Å². The number of halogens is 1. The van der Waals surface area contributed by atoms with Gasteiger partial charge in [0.05, 0.1) is 28.0 Å². The number of pyridine rings is 1. The number of alkyl halides is 1. The topological polar surface area (TPSA) is 133 Å². The highest BCUT2D eigenvalue weighted by atomic mass is 19.1. The molecule has 1 aliphatic heterocycles. The zero-order valence-corrected chi connectivity index (χ0v) is 20.2. The van der Waals surface area contributed by atoms with E-state index in [0.29, 0.717) is 29.3 Å². The first kappa shape index (κ1) is 22.8. The van der Waals surface area contributed by atoms with E-state index in [1.807, 2.05) is 60.9 Å². The third-order valence-electron chi connectivity index (χ3n) is 6.52.